The van der Waals surface area contributed by atoms with Gasteiger partial charge in [-0.2, -0.15) is 0 Å². The number of rotatable bonds is 35. The van der Waals surface area contributed by atoms with E-state index >= 15 is 0 Å². The van der Waals surface area contributed by atoms with Crippen LogP contribution in [0.1, 0.15) is 155 Å². The van der Waals surface area contributed by atoms with Gasteiger partial charge in [-0.25, -0.2) is 4.57 Å². The summed E-state index contributed by atoms with van der Waals surface area (Å²) < 4.78 is 26.2. The molecule has 0 aromatic rings. The van der Waals surface area contributed by atoms with Crippen molar-refractivity contribution in [3.05, 3.63) is 60.8 Å². The summed E-state index contributed by atoms with van der Waals surface area (Å²) in [6, 6.07) is 0. The van der Waals surface area contributed by atoms with Gasteiger partial charge < -0.3 is 29.5 Å². The van der Waals surface area contributed by atoms with Crippen LogP contribution in [-0.2, 0) is 28.2 Å². The molecule has 300 valence electrons. The van der Waals surface area contributed by atoms with Gasteiger partial charge in [0.1, 0.15) is 6.61 Å². The Balaban J connectivity index is 4.13. The minimum atomic E-state index is -4.80. The average Bonchev–Trinajstić information content (AvgIpc) is 3.11. The molecule has 0 radical (unpaired) electrons. The number of ether oxygens (including phenoxy) is 2. The summed E-state index contributed by atoms with van der Waals surface area (Å²) >= 11 is 0. The van der Waals surface area contributed by atoms with E-state index < -0.39 is 44.7 Å². The highest BCUT2D eigenvalue weighted by Crippen LogP contribution is 2.36. The number of unbranched alkanes of at least 4 members (excludes halogenated alkanes) is 11. The molecule has 0 aliphatic carbocycles. The van der Waals surface area contributed by atoms with E-state index in [2.05, 4.69) is 73.1 Å². The Bertz CT molecular complexity index is 1060. The van der Waals surface area contributed by atoms with E-state index in [1.807, 2.05) is 6.08 Å². The molecule has 0 unspecified atom stereocenters. The number of aliphatic hydroxyl groups is 2. The van der Waals surface area contributed by atoms with Crippen molar-refractivity contribution >= 4 is 19.8 Å². The number of allylic oxidation sites excluding steroid dienone is 9. The number of hydrogen-bond donors (Lipinski definition) is 4. The SMILES string of the molecule is CC/C=C\C/C=C\C/C=C\C/C=C\CCCCCCC(=O)OC[C@H](COP(=O)(O)O)OC(=O)CCCCCCC[C@H](O)[C@@H](O)C/C=C\CCCCC. The van der Waals surface area contributed by atoms with Crippen LogP contribution in [0, 0.1) is 0 Å². The highest BCUT2D eigenvalue weighted by atomic mass is 31.2. The van der Waals surface area contributed by atoms with Crippen LogP contribution >= 0.6 is 7.82 Å². The second-order valence-electron chi connectivity index (χ2n) is 13.2. The second-order valence-corrected chi connectivity index (χ2v) is 14.4. The van der Waals surface area contributed by atoms with Gasteiger partial charge in [-0.05, 0) is 77.0 Å². The molecule has 0 fully saturated rings. The summed E-state index contributed by atoms with van der Waals surface area (Å²) in [6.07, 6.45) is 36.8. The first-order valence-electron chi connectivity index (χ1n) is 19.7. The number of carbonyl (C=O) groups excluding carboxylic acids is 2. The summed E-state index contributed by atoms with van der Waals surface area (Å²) in [5.74, 6) is -1.03. The maximum Gasteiger partial charge on any atom is 0.469 e. The Morgan fingerprint density at radius 2 is 1.12 bits per heavy atom. The Morgan fingerprint density at radius 1 is 0.596 bits per heavy atom. The third kappa shape index (κ3) is 36.0. The van der Waals surface area contributed by atoms with Crippen LogP contribution in [0.2, 0.25) is 0 Å². The lowest BCUT2D eigenvalue weighted by molar-refractivity contribution is -0.161. The molecule has 3 atom stereocenters. The number of hydrogen-bond acceptors (Lipinski definition) is 8. The van der Waals surface area contributed by atoms with Crippen LogP contribution in [0.5, 0.6) is 0 Å². The van der Waals surface area contributed by atoms with E-state index in [0.717, 1.165) is 89.9 Å². The normalized spacial score (nSPS) is 14.3. The molecule has 10 nitrogen and oxygen atoms in total. The molecule has 0 spiro atoms. The molecule has 0 saturated heterocycles. The number of esters is 2. The van der Waals surface area contributed by atoms with Crippen molar-refractivity contribution in [2.75, 3.05) is 13.2 Å². The van der Waals surface area contributed by atoms with E-state index in [-0.39, 0.29) is 19.4 Å². The van der Waals surface area contributed by atoms with Gasteiger partial charge in [0.15, 0.2) is 6.10 Å². The second kappa shape index (κ2) is 35.7. The first kappa shape index (κ1) is 49.7. The Hall–Kier alpha value is -2.33. The number of phosphoric ester groups is 1. The molecule has 0 rings (SSSR count). The fourth-order valence-corrected chi connectivity index (χ4v) is 5.51. The number of phosphoric acid groups is 1. The lowest BCUT2D eigenvalue weighted by Crippen LogP contribution is -2.29. The highest BCUT2D eigenvalue weighted by molar-refractivity contribution is 7.46. The van der Waals surface area contributed by atoms with Crippen LogP contribution in [0.25, 0.3) is 0 Å². The quantitative estimate of drug-likeness (QED) is 0.0212. The summed E-state index contributed by atoms with van der Waals surface area (Å²) in [4.78, 5) is 42.8. The molecular formula is C41H71O10P. The van der Waals surface area contributed by atoms with Crippen molar-refractivity contribution in [3.63, 3.8) is 0 Å². The summed E-state index contributed by atoms with van der Waals surface area (Å²) in [5.41, 5.74) is 0. The van der Waals surface area contributed by atoms with Crippen molar-refractivity contribution < 1.29 is 48.2 Å². The fraction of sp³-hybridized carbons (Fsp3) is 0.707. The van der Waals surface area contributed by atoms with E-state index in [1.54, 1.807) is 0 Å². The molecule has 11 heteroatoms. The van der Waals surface area contributed by atoms with Crippen LogP contribution in [-0.4, -0.2) is 63.5 Å². The van der Waals surface area contributed by atoms with Crippen molar-refractivity contribution in [2.45, 2.75) is 173 Å². The third-order valence-corrected chi connectivity index (χ3v) is 8.71. The molecule has 52 heavy (non-hydrogen) atoms. The standard InChI is InChI=1S/C41H71O10P/c1-3-5-7-9-11-12-13-14-15-16-17-18-19-20-21-25-29-33-40(44)49-35-37(36-50-52(46,47)48)51-41(45)34-30-26-22-24-28-32-39(43)38(42)31-27-23-10-8-6-4-2/h5,7,11-12,14-15,17-18,23,27,37-39,42-43H,3-4,6,8-10,13,16,19-22,24-26,28-36H2,1-2H3,(H2,46,47,48)/b7-5-,12-11-,15-14-,18-17-,27-23-/t37-,38+,39+/m1/s1. The molecule has 0 saturated carbocycles. The third-order valence-electron chi connectivity index (χ3n) is 8.22. The Kier molecular flexibility index (Phi) is 34.1. The zero-order chi connectivity index (χ0) is 38.5. The largest absolute Gasteiger partial charge is 0.469 e. The fourth-order valence-electron chi connectivity index (χ4n) is 5.15. The summed E-state index contributed by atoms with van der Waals surface area (Å²) in [7, 11) is -4.80. The number of aliphatic hydroxyl groups excluding tert-OH is 2. The van der Waals surface area contributed by atoms with E-state index in [0.29, 0.717) is 25.7 Å². The van der Waals surface area contributed by atoms with Gasteiger partial charge in [-0.15, -0.1) is 0 Å². The van der Waals surface area contributed by atoms with Crippen molar-refractivity contribution in [1.29, 1.82) is 0 Å². The van der Waals surface area contributed by atoms with Crippen LogP contribution in [0.15, 0.2) is 60.8 Å². The Morgan fingerprint density at radius 3 is 1.73 bits per heavy atom. The maximum atomic E-state index is 12.4. The van der Waals surface area contributed by atoms with Gasteiger partial charge in [0.25, 0.3) is 0 Å². The van der Waals surface area contributed by atoms with Crippen molar-refractivity contribution in [3.8, 4) is 0 Å². The van der Waals surface area contributed by atoms with Crippen LogP contribution < -0.4 is 0 Å². The van der Waals surface area contributed by atoms with Crippen molar-refractivity contribution in [1.82, 2.24) is 0 Å². The molecule has 0 bridgehead atoms. The smallest absolute Gasteiger partial charge is 0.462 e. The zero-order valence-electron chi connectivity index (χ0n) is 32.2. The maximum absolute atomic E-state index is 12.4. The van der Waals surface area contributed by atoms with E-state index in [9.17, 15) is 24.4 Å². The van der Waals surface area contributed by atoms with Gasteiger partial charge in [0.05, 0.1) is 18.8 Å². The van der Waals surface area contributed by atoms with Gasteiger partial charge in [0.2, 0.25) is 0 Å². The first-order chi connectivity index (χ1) is 25.1. The average molecular weight is 755 g/mol. The minimum Gasteiger partial charge on any atom is -0.462 e. The molecule has 0 amide bonds. The van der Waals surface area contributed by atoms with Gasteiger partial charge >= 0.3 is 19.8 Å². The zero-order valence-corrected chi connectivity index (χ0v) is 33.1. The molecule has 0 aromatic heterocycles. The van der Waals surface area contributed by atoms with Crippen molar-refractivity contribution in [2.24, 2.45) is 0 Å². The summed E-state index contributed by atoms with van der Waals surface area (Å²) in [5, 5.41) is 20.3. The van der Waals surface area contributed by atoms with Crippen LogP contribution in [0.4, 0.5) is 0 Å². The Labute approximate surface area is 314 Å². The minimum absolute atomic E-state index is 0.104. The lowest BCUT2D eigenvalue weighted by atomic mass is 10.0. The summed E-state index contributed by atoms with van der Waals surface area (Å²) in [6.45, 7) is 3.35. The molecule has 0 heterocycles. The molecular weight excluding hydrogens is 683 g/mol. The lowest BCUT2D eigenvalue weighted by Gasteiger charge is -2.18. The van der Waals surface area contributed by atoms with Gasteiger partial charge in [-0.1, -0.05) is 126 Å². The first-order valence-corrected chi connectivity index (χ1v) is 21.3. The van der Waals surface area contributed by atoms with Gasteiger partial charge in [-0.3, -0.25) is 14.1 Å². The predicted molar refractivity (Wildman–Crippen MR) is 209 cm³/mol. The molecule has 0 aliphatic heterocycles. The number of carbonyl (C=O) groups is 2. The highest BCUT2D eigenvalue weighted by Gasteiger charge is 2.23. The molecule has 0 aromatic carbocycles. The topological polar surface area (TPSA) is 160 Å². The van der Waals surface area contributed by atoms with Crippen LogP contribution in [0.3, 0.4) is 0 Å². The molecule has 0 aliphatic rings. The van der Waals surface area contributed by atoms with E-state index in [1.165, 1.54) is 12.8 Å². The molecule has 4 N–H and O–H groups in total. The monoisotopic (exact) mass is 754 g/mol. The van der Waals surface area contributed by atoms with Gasteiger partial charge in [0, 0.05) is 12.8 Å². The van der Waals surface area contributed by atoms with E-state index in [4.69, 9.17) is 19.3 Å². The predicted octanol–water partition coefficient (Wildman–Crippen LogP) is 9.68.